The molecule has 0 fully saturated rings. The smallest absolute Gasteiger partial charge is 0.476 e. The topological polar surface area (TPSA) is 68.3 Å². The standard InChI is InChI=1S/C10H11BrClF3N2O3S/c1-6(17-21(18,19)10(13,14)15)5-20-9-3-2-7(12)8(4-11)16-9/h2-3,6,17H,4-5H2,1H3/t6-/m0/s1. The Bertz CT molecular complexity index is 598. The van der Waals surface area contributed by atoms with Gasteiger partial charge in [0, 0.05) is 11.4 Å². The number of hydrogen-bond acceptors (Lipinski definition) is 4. The number of halogens is 5. The van der Waals surface area contributed by atoms with Crippen molar-refractivity contribution >= 4 is 37.6 Å². The van der Waals surface area contributed by atoms with Gasteiger partial charge in [-0.1, -0.05) is 27.5 Å². The Morgan fingerprint density at radius 2 is 2.10 bits per heavy atom. The van der Waals surface area contributed by atoms with E-state index in [1.165, 1.54) is 23.8 Å². The van der Waals surface area contributed by atoms with Crippen LogP contribution in [0.5, 0.6) is 5.88 Å². The number of aromatic nitrogens is 1. The van der Waals surface area contributed by atoms with E-state index >= 15 is 0 Å². The zero-order chi connectivity index (χ0) is 16.3. The van der Waals surface area contributed by atoms with Crippen LogP contribution >= 0.6 is 27.5 Å². The summed E-state index contributed by atoms with van der Waals surface area (Å²) in [5, 5.41) is 0.782. The second-order valence-corrected chi connectivity index (χ2v) is 6.66. The van der Waals surface area contributed by atoms with Crippen molar-refractivity contribution in [1.82, 2.24) is 9.71 Å². The highest BCUT2D eigenvalue weighted by Gasteiger charge is 2.46. The summed E-state index contributed by atoms with van der Waals surface area (Å²) in [6.45, 7) is 0.927. The van der Waals surface area contributed by atoms with Crippen LogP contribution in [-0.2, 0) is 15.4 Å². The van der Waals surface area contributed by atoms with Crippen LogP contribution in [0.1, 0.15) is 12.6 Å². The lowest BCUT2D eigenvalue weighted by molar-refractivity contribution is -0.0451. The van der Waals surface area contributed by atoms with Crippen LogP contribution in [0.3, 0.4) is 0 Å². The van der Waals surface area contributed by atoms with Crippen molar-refractivity contribution in [1.29, 1.82) is 0 Å². The lowest BCUT2D eigenvalue weighted by atomic mass is 10.4. The molecular formula is C10H11BrClF3N2O3S. The minimum absolute atomic E-state index is 0.131. The fraction of sp³-hybridized carbons (Fsp3) is 0.500. The molecule has 0 saturated heterocycles. The second kappa shape index (κ2) is 7.12. The highest BCUT2D eigenvalue weighted by atomic mass is 79.9. The number of nitrogens with zero attached hydrogens (tertiary/aromatic N) is 1. The van der Waals surface area contributed by atoms with E-state index < -0.39 is 21.6 Å². The van der Waals surface area contributed by atoms with Crippen molar-refractivity contribution in [2.75, 3.05) is 6.61 Å². The third kappa shape index (κ3) is 5.28. The van der Waals surface area contributed by atoms with Gasteiger partial charge in [0.2, 0.25) is 5.88 Å². The molecule has 0 radical (unpaired) electrons. The van der Waals surface area contributed by atoms with Gasteiger partial charge in [-0.05, 0) is 13.0 Å². The highest BCUT2D eigenvalue weighted by Crippen LogP contribution is 2.22. The van der Waals surface area contributed by atoms with Crippen molar-refractivity contribution in [2.24, 2.45) is 0 Å². The van der Waals surface area contributed by atoms with E-state index in [9.17, 15) is 21.6 Å². The Morgan fingerprint density at radius 1 is 1.48 bits per heavy atom. The van der Waals surface area contributed by atoms with E-state index in [2.05, 4.69) is 20.9 Å². The van der Waals surface area contributed by atoms with Gasteiger partial charge in [-0.2, -0.15) is 13.2 Å². The van der Waals surface area contributed by atoms with E-state index in [1.807, 2.05) is 0 Å². The van der Waals surface area contributed by atoms with Crippen LogP contribution in [0.2, 0.25) is 5.02 Å². The summed E-state index contributed by atoms with van der Waals surface area (Å²) in [7, 11) is -5.40. The fourth-order valence-corrected chi connectivity index (χ4v) is 2.71. The first-order chi connectivity index (χ1) is 9.56. The molecule has 0 aliphatic rings. The molecule has 5 nitrogen and oxygen atoms in total. The number of rotatable bonds is 6. The first-order valence-electron chi connectivity index (χ1n) is 5.49. The monoisotopic (exact) mass is 410 g/mol. The molecule has 0 aromatic carbocycles. The summed E-state index contributed by atoms with van der Waals surface area (Å²) in [5.74, 6) is 0.131. The van der Waals surface area contributed by atoms with Gasteiger partial charge in [-0.3, -0.25) is 0 Å². The van der Waals surface area contributed by atoms with E-state index in [0.717, 1.165) is 0 Å². The van der Waals surface area contributed by atoms with Gasteiger partial charge < -0.3 is 4.74 Å². The fourth-order valence-electron chi connectivity index (χ4n) is 1.21. The van der Waals surface area contributed by atoms with E-state index in [0.29, 0.717) is 16.0 Å². The number of sulfonamides is 1. The predicted octanol–water partition coefficient (Wildman–Crippen LogP) is 2.84. The largest absolute Gasteiger partial charge is 0.511 e. The van der Waals surface area contributed by atoms with Crippen molar-refractivity contribution < 1.29 is 26.3 Å². The molecule has 120 valence electrons. The lowest BCUT2D eigenvalue weighted by Gasteiger charge is -2.16. The first-order valence-corrected chi connectivity index (χ1v) is 8.48. The maximum absolute atomic E-state index is 12.2. The van der Waals surface area contributed by atoms with Crippen LogP contribution in [0.25, 0.3) is 0 Å². The van der Waals surface area contributed by atoms with Gasteiger partial charge >= 0.3 is 15.5 Å². The molecule has 1 atom stereocenters. The molecule has 1 aromatic rings. The average Bonchev–Trinajstić information content (AvgIpc) is 2.36. The predicted molar refractivity (Wildman–Crippen MR) is 74.9 cm³/mol. The molecule has 0 aliphatic heterocycles. The number of hydrogen-bond donors (Lipinski definition) is 1. The molecular weight excluding hydrogens is 401 g/mol. The zero-order valence-electron chi connectivity index (χ0n) is 10.6. The SMILES string of the molecule is C[C@@H](COc1ccc(Cl)c(CBr)n1)NS(=O)(=O)C(F)(F)F. The van der Waals surface area contributed by atoms with Crippen molar-refractivity contribution in [3.8, 4) is 5.88 Å². The quantitative estimate of drug-likeness (QED) is 0.731. The summed E-state index contributed by atoms with van der Waals surface area (Å²) < 4.78 is 64.9. The van der Waals surface area contributed by atoms with Gasteiger partial charge in [0.1, 0.15) is 6.61 Å². The summed E-state index contributed by atoms with van der Waals surface area (Å²) in [4.78, 5) is 4.01. The second-order valence-electron chi connectivity index (χ2n) is 3.99. The molecule has 1 aromatic heterocycles. The maximum atomic E-state index is 12.2. The zero-order valence-corrected chi connectivity index (χ0v) is 13.8. The average molecular weight is 412 g/mol. The van der Waals surface area contributed by atoms with Crippen LogP contribution < -0.4 is 9.46 Å². The summed E-state index contributed by atoms with van der Waals surface area (Å²) in [6.07, 6.45) is 0. The molecule has 0 unspecified atom stereocenters. The van der Waals surface area contributed by atoms with Gasteiger partial charge in [-0.25, -0.2) is 18.1 Å². The highest BCUT2D eigenvalue weighted by molar-refractivity contribution is 9.08. The molecule has 0 amide bonds. The Hall–Kier alpha value is -0.580. The Labute approximate surface area is 133 Å². The summed E-state index contributed by atoms with van der Waals surface area (Å²) in [6, 6.07) is 1.87. The molecule has 11 heteroatoms. The van der Waals surface area contributed by atoms with Crippen LogP contribution in [0.15, 0.2) is 12.1 Å². The van der Waals surface area contributed by atoms with Crippen molar-refractivity contribution in [3.63, 3.8) is 0 Å². The van der Waals surface area contributed by atoms with E-state index in [4.69, 9.17) is 16.3 Å². The molecule has 1 rings (SSSR count). The number of alkyl halides is 4. The third-order valence-corrected chi connectivity index (χ3v) is 4.36. The van der Waals surface area contributed by atoms with Crippen molar-refractivity contribution in [3.05, 3.63) is 22.8 Å². The lowest BCUT2D eigenvalue weighted by Crippen LogP contribution is -2.43. The number of ether oxygens (including phenoxy) is 1. The summed E-state index contributed by atoms with van der Waals surface area (Å²) in [5.41, 5.74) is -4.86. The molecule has 0 spiro atoms. The maximum Gasteiger partial charge on any atom is 0.511 e. The van der Waals surface area contributed by atoms with Crippen molar-refractivity contribution in [2.45, 2.75) is 23.8 Å². The minimum Gasteiger partial charge on any atom is -0.476 e. The summed E-state index contributed by atoms with van der Waals surface area (Å²) >= 11 is 9.00. The number of pyridine rings is 1. The molecule has 0 bridgehead atoms. The van der Waals surface area contributed by atoms with Crippen LogP contribution in [0.4, 0.5) is 13.2 Å². The Balaban J connectivity index is 2.64. The molecule has 0 aliphatic carbocycles. The van der Waals surface area contributed by atoms with Gasteiger partial charge in [-0.15, -0.1) is 0 Å². The normalized spacial score (nSPS) is 14.0. The first kappa shape index (κ1) is 18.5. The Morgan fingerprint density at radius 3 is 2.62 bits per heavy atom. The van der Waals surface area contributed by atoms with Gasteiger partial charge in [0.05, 0.1) is 16.8 Å². The minimum atomic E-state index is -5.40. The molecule has 0 saturated carbocycles. The van der Waals surface area contributed by atoms with Crippen LogP contribution in [-0.4, -0.2) is 31.6 Å². The molecule has 1 N–H and O–H groups in total. The third-order valence-electron chi connectivity index (χ3n) is 2.16. The Kier molecular flexibility index (Phi) is 6.26. The number of nitrogens with one attached hydrogen (secondary N) is 1. The van der Waals surface area contributed by atoms with Gasteiger partial charge in [0.15, 0.2) is 0 Å². The van der Waals surface area contributed by atoms with Gasteiger partial charge in [0.25, 0.3) is 0 Å². The molecule has 21 heavy (non-hydrogen) atoms. The van der Waals surface area contributed by atoms with Crippen LogP contribution in [0, 0.1) is 0 Å². The molecule has 1 heterocycles. The van der Waals surface area contributed by atoms with E-state index in [-0.39, 0.29) is 12.5 Å². The van der Waals surface area contributed by atoms with E-state index in [1.54, 1.807) is 0 Å².